The number of alkyl halides is 3. The molecule has 0 bridgehead atoms. The van der Waals surface area contributed by atoms with Gasteiger partial charge < -0.3 is 9.47 Å². The van der Waals surface area contributed by atoms with Crippen LogP contribution in [0, 0.1) is 5.92 Å². The largest absolute Gasteiger partial charge is 0.469 e. The van der Waals surface area contributed by atoms with Crippen LogP contribution in [0.25, 0.3) is 0 Å². The molecule has 0 radical (unpaired) electrons. The van der Waals surface area contributed by atoms with Crippen LogP contribution in [-0.4, -0.2) is 32.0 Å². The summed E-state index contributed by atoms with van der Waals surface area (Å²) in [6, 6.07) is 0. The Balaban J connectivity index is 2.50. The molecule has 0 aliphatic carbocycles. The molecule has 0 spiro atoms. The number of rotatable bonds is 1. The van der Waals surface area contributed by atoms with E-state index in [1.807, 2.05) is 0 Å². The lowest BCUT2D eigenvalue weighted by molar-refractivity contribution is -0.206. The molecule has 1 heterocycles. The van der Waals surface area contributed by atoms with Crippen LogP contribution in [0.4, 0.5) is 13.2 Å². The number of carbonyl (C=O) groups excluding carboxylic acids is 1. The van der Waals surface area contributed by atoms with Gasteiger partial charge in [0.15, 0.2) is 6.10 Å². The molecule has 1 aliphatic rings. The molecule has 0 saturated carbocycles. The Bertz CT molecular complexity index is 202. The summed E-state index contributed by atoms with van der Waals surface area (Å²) < 4.78 is 44.8. The zero-order valence-corrected chi connectivity index (χ0v) is 6.93. The molecule has 0 aromatic heterocycles. The molecule has 1 aliphatic heterocycles. The average molecular weight is 198 g/mol. The Kier molecular flexibility index (Phi) is 2.80. The van der Waals surface area contributed by atoms with E-state index in [1.54, 1.807) is 0 Å². The van der Waals surface area contributed by atoms with E-state index in [-0.39, 0.29) is 13.0 Å². The third kappa shape index (κ3) is 2.33. The Morgan fingerprint density at radius 2 is 2.15 bits per heavy atom. The van der Waals surface area contributed by atoms with Gasteiger partial charge in [0.05, 0.1) is 19.6 Å². The fourth-order valence-corrected chi connectivity index (χ4v) is 1.19. The van der Waals surface area contributed by atoms with Gasteiger partial charge in [-0.25, -0.2) is 0 Å². The minimum absolute atomic E-state index is 0.211. The summed E-state index contributed by atoms with van der Waals surface area (Å²) in [6.07, 6.45) is -6.55. The molecule has 0 aromatic rings. The van der Waals surface area contributed by atoms with Gasteiger partial charge in [-0.2, -0.15) is 13.2 Å². The summed E-state index contributed by atoms with van der Waals surface area (Å²) in [6.45, 7) is -0.211. The first kappa shape index (κ1) is 10.3. The van der Waals surface area contributed by atoms with Gasteiger partial charge in [-0.15, -0.1) is 0 Å². The highest BCUT2D eigenvalue weighted by Crippen LogP contribution is 2.33. The topological polar surface area (TPSA) is 35.5 Å². The Morgan fingerprint density at radius 3 is 2.54 bits per heavy atom. The summed E-state index contributed by atoms with van der Waals surface area (Å²) in [5, 5.41) is 0. The van der Waals surface area contributed by atoms with Gasteiger partial charge in [0.2, 0.25) is 0 Å². The highest BCUT2D eigenvalue weighted by atomic mass is 19.4. The standard InChI is InChI=1S/C7H9F3O3/c1-12-6(11)4-2-5(13-3-4)7(8,9)10/h4-5H,2-3H2,1H3. The van der Waals surface area contributed by atoms with Crippen molar-refractivity contribution in [3.05, 3.63) is 0 Å². The van der Waals surface area contributed by atoms with E-state index in [0.29, 0.717) is 0 Å². The van der Waals surface area contributed by atoms with E-state index < -0.39 is 24.2 Å². The zero-order valence-electron chi connectivity index (χ0n) is 6.93. The summed E-state index contributed by atoms with van der Waals surface area (Å²) in [5.41, 5.74) is 0. The third-order valence-electron chi connectivity index (χ3n) is 1.90. The zero-order chi connectivity index (χ0) is 10.1. The monoisotopic (exact) mass is 198 g/mol. The van der Waals surface area contributed by atoms with Crippen LogP contribution in [0.3, 0.4) is 0 Å². The maximum absolute atomic E-state index is 12.0. The third-order valence-corrected chi connectivity index (χ3v) is 1.90. The van der Waals surface area contributed by atoms with E-state index in [9.17, 15) is 18.0 Å². The molecule has 6 heteroatoms. The minimum Gasteiger partial charge on any atom is -0.469 e. The number of carbonyl (C=O) groups is 1. The second-order valence-electron chi connectivity index (χ2n) is 2.82. The lowest BCUT2D eigenvalue weighted by atomic mass is 10.1. The number of ether oxygens (including phenoxy) is 2. The number of methoxy groups -OCH3 is 1. The maximum atomic E-state index is 12.0. The van der Waals surface area contributed by atoms with Crippen LogP contribution in [0.2, 0.25) is 0 Å². The highest BCUT2D eigenvalue weighted by molar-refractivity contribution is 5.72. The summed E-state index contributed by atoms with van der Waals surface area (Å²) in [5.74, 6) is -1.43. The first-order valence-corrected chi connectivity index (χ1v) is 3.71. The summed E-state index contributed by atoms with van der Waals surface area (Å²) in [7, 11) is 1.14. The van der Waals surface area contributed by atoms with Crippen LogP contribution >= 0.6 is 0 Å². The van der Waals surface area contributed by atoms with Crippen LogP contribution < -0.4 is 0 Å². The molecular weight excluding hydrogens is 189 g/mol. The molecule has 0 N–H and O–H groups in total. The Hall–Kier alpha value is -0.780. The van der Waals surface area contributed by atoms with Crippen molar-refractivity contribution >= 4 is 5.97 Å². The van der Waals surface area contributed by atoms with Gasteiger partial charge in [0.1, 0.15) is 0 Å². The van der Waals surface area contributed by atoms with E-state index >= 15 is 0 Å². The number of esters is 1. The summed E-state index contributed by atoms with van der Waals surface area (Å²) in [4.78, 5) is 10.8. The predicted molar refractivity (Wildman–Crippen MR) is 35.9 cm³/mol. The predicted octanol–water partition coefficient (Wildman–Crippen LogP) is 1.13. The molecular formula is C7H9F3O3. The molecule has 0 aromatic carbocycles. The van der Waals surface area contributed by atoms with E-state index in [1.165, 1.54) is 0 Å². The lowest BCUT2D eigenvalue weighted by Gasteiger charge is -2.12. The normalized spacial score (nSPS) is 28.9. The molecule has 76 valence electrons. The van der Waals surface area contributed by atoms with E-state index in [4.69, 9.17) is 0 Å². The van der Waals surface area contributed by atoms with Gasteiger partial charge in [0.25, 0.3) is 0 Å². The molecule has 13 heavy (non-hydrogen) atoms. The molecule has 2 atom stereocenters. The smallest absolute Gasteiger partial charge is 0.414 e. The molecule has 1 fully saturated rings. The Labute approximate surface area is 72.8 Å². The van der Waals surface area contributed by atoms with Gasteiger partial charge in [-0.1, -0.05) is 0 Å². The van der Waals surface area contributed by atoms with Crippen LogP contribution in [-0.2, 0) is 14.3 Å². The molecule has 1 saturated heterocycles. The van der Waals surface area contributed by atoms with Gasteiger partial charge in [-0.05, 0) is 6.42 Å². The van der Waals surface area contributed by atoms with Crippen LogP contribution in [0.5, 0.6) is 0 Å². The second kappa shape index (κ2) is 3.53. The van der Waals surface area contributed by atoms with Crippen molar-refractivity contribution in [1.82, 2.24) is 0 Å². The lowest BCUT2D eigenvalue weighted by Crippen LogP contribution is -2.28. The number of hydrogen-bond donors (Lipinski definition) is 0. The van der Waals surface area contributed by atoms with Crippen molar-refractivity contribution < 1.29 is 27.4 Å². The van der Waals surface area contributed by atoms with Gasteiger partial charge in [0, 0.05) is 0 Å². The van der Waals surface area contributed by atoms with Gasteiger partial charge in [-0.3, -0.25) is 4.79 Å². The van der Waals surface area contributed by atoms with Crippen molar-refractivity contribution in [1.29, 1.82) is 0 Å². The fraction of sp³-hybridized carbons (Fsp3) is 0.857. The molecule has 1 rings (SSSR count). The van der Waals surface area contributed by atoms with Gasteiger partial charge >= 0.3 is 12.1 Å². The van der Waals surface area contributed by atoms with Crippen molar-refractivity contribution in [3.63, 3.8) is 0 Å². The summed E-state index contributed by atoms with van der Waals surface area (Å²) >= 11 is 0. The van der Waals surface area contributed by atoms with Crippen LogP contribution in [0.15, 0.2) is 0 Å². The first-order chi connectivity index (χ1) is 5.95. The second-order valence-corrected chi connectivity index (χ2v) is 2.82. The average Bonchev–Trinajstić information content (AvgIpc) is 2.50. The molecule has 0 amide bonds. The number of halogens is 3. The number of hydrogen-bond acceptors (Lipinski definition) is 3. The van der Waals surface area contributed by atoms with Crippen molar-refractivity contribution in [2.45, 2.75) is 18.7 Å². The molecule has 2 unspecified atom stereocenters. The van der Waals surface area contributed by atoms with Crippen molar-refractivity contribution in [3.8, 4) is 0 Å². The van der Waals surface area contributed by atoms with E-state index in [2.05, 4.69) is 9.47 Å². The van der Waals surface area contributed by atoms with Crippen molar-refractivity contribution in [2.75, 3.05) is 13.7 Å². The highest BCUT2D eigenvalue weighted by Gasteiger charge is 2.47. The van der Waals surface area contributed by atoms with Crippen molar-refractivity contribution in [2.24, 2.45) is 5.92 Å². The first-order valence-electron chi connectivity index (χ1n) is 3.71. The Morgan fingerprint density at radius 1 is 1.54 bits per heavy atom. The van der Waals surface area contributed by atoms with Crippen LogP contribution in [0.1, 0.15) is 6.42 Å². The van der Waals surface area contributed by atoms with E-state index in [0.717, 1.165) is 7.11 Å². The maximum Gasteiger partial charge on any atom is 0.414 e. The quantitative estimate of drug-likeness (QED) is 0.592. The SMILES string of the molecule is COC(=O)C1COC(C(F)(F)F)C1. The minimum atomic E-state index is -4.39. The molecule has 3 nitrogen and oxygen atoms in total. The fourth-order valence-electron chi connectivity index (χ4n) is 1.19.